The van der Waals surface area contributed by atoms with Crippen molar-refractivity contribution in [2.24, 2.45) is 0 Å². The number of hydrogen-bond acceptors (Lipinski definition) is 3. The summed E-state index contributed by atoms with van der Waals surface area (Å²) in [7, 11) is 0. The van der Waals surface area contributed by atoms with E-state index >= 15 is 0 Å². The van der Waals surface area contributed by atoms with E-state index in [1.807, 2.05) is 30.5 Å². The number of nitrogens with zero attached hydrogens (tertiary/aromatic N) is 3. The van der Waals surface area contributed by atoms with Crippen molar-refractivity contribution in [3.8, 4) is 44.8 Å². The Hall–Kier alpha value is -4.86. The fourth-order valence-electron chi connectivity index (χ4n) is 5.07. The van der Waals surface area contributed by atoms with Gasteiger partial charge in [-0.15, -0.1) is 0 Å². The minimum Gasteiger partial charge on any atom is -0.256 e. The van der Waals surface area contributed by atoms with Gasteiger partial charge in [0, 0.05) is 28.3 Å². The van der Waals surface area contributed by atoms with Crippen molar-refractivity contribution in [1.82, 2.24) is 15.0 Å². The first kappa shape index (κ1) is 23.3. The van der Waals surface area contributed by atoms with Gasteiger partial charge >= 0.3 is 0 Å². The number of fused-ring (bicyclic) bond motifs is 2. The summed E-state index contributed by atoms with van der Waals surface area (Å²) in [5, 5.41) is 3.82. The summed E-state index contributed by atoms with van der Waals surface area (Å²) in [6.45, 7) is 0. The van der Waals surface area contributed by atoms with Crippen LogP contribution in [0.5, 0.6) is 0 Å². The molecular formula is C35H22ClN3. The van der Waals surface area contributed by atoms with Gasteiger partial charge in [0.05, 0.1) is 16.9 Å². The molecule has 0 aliphatic rings. The van der Waals surface area contributed by atoms with E-state index in [-0.39, 0.29) is 5.28 Å². The van der Waals surface area contributed by atoms with Crippen LogP contribution in [0.3, 0.4) is 0 Å². The fraction of sp³-hybridized carbons (Fsp3) is 0. The van der Waals surface area contributed by atoms with Gasteiger partial charge in [0.15, 0.2) is 0 Å². The van der Waals surface area contributed by atoms with Crippen molar-refractivity contribution in [3.63, 3.8) is 0 Å². The lowest BCUT2D eigenvalue weighted by atomic mass is 9.97. The third-order valence-corrected chi connectivity index (χ3v) is 7.25. The Kier molecular flexibility index (Phi) is 5.84. The van der Waals surface area contributed by atoms with Crippen LogP contribution in [-0.4, -0.2) is 15.0 Å². The Morgan fingerprint density at radius 2 is 1.05 bits per heavy atom. The molecule has 0 fully saturated rings. The van der Waals surface area contributed by atoms with Crippen LogP contribution in [0.25, 0.3) is 66.4 Å². The van der Waals surface area contributed by atoms with E-state index in [9.17, 15) is 0 Å². The largest absolute Gasteiger partial charge is 0.256 e. The van der Waals surface area contributed by atoms with E-state index in [0.717, 1.165) is 50.1 Å². The summed E-state index contributed by atoms with van der Waals surface area (Å²) < 4.78 is 0. The second-order valence-electron chi connectivity index (χ2n) is 9.51. The molecule has 2 aromatic heterocycles. The number of aromatic nitrogens is 3. The standard InChI is InChI=1S/C35H22ClN3/c36-35-38-33(26-16-12-23(13-17-26)29-20-28-7-2-4-11-32(28)37-22-29)21-34(39-35)27-18-14-25(15-19-27)31-10-5-8-24-6-1-3-9-30(24)31/h1-22H. The first-order chi connectivity index (χ1) is 19.2. The molecule has 3 nitrogen and oxygen atoms in total. The van der Waals surface area contributed by atoms with Gasteiger partial charge < -0.3 is 0 Å². The third-order valence-electron chi connectivity index (χ3n) is 7.08. The summed E-state index contributed by atoms with van der Waals surface area (Å²) in [6.07, 6.45) is 1.92. The van der Waals surface area contributed by atoms with Gasteiger partial charge in [-0.1, -0.05) is 109 Å². The minimum atomic E-state index is 0.225. The molecule has 7 rings (SSSR count). The van der Waals surface area contributed by atoms with Crippen molar-refractivity contribution in [2.75, 3.05) is 0 Å². The van der Waals surface area contributed by atoms with E-state index in [0.29, 0.717) is 0 Å². The highest BCUT2D eigenvalue weighted by atomic mass is 35.5. The lowest BCUT2D eigenvalue weighted by molar-refractivity contribution is 1.18. The number of para-hydroxylation sites is 1. The highest BCUT2D eigenvalue weighted by Crippen LogP contribution is 2.32. The molecule has 4 heteroatoms. The highest BCUT2D eigenvalue weighted by molar-refractivity contribution is 6.28. The van der Waals surface area contributed by atoms with E-state index in [4.69, 9.17) is 11.6 Å². The van der Waals surface area contributed by atoms with Crippen molar-refractivity contribution in [2.45, 2.75) is 0 Å². The zero-order valence-corrected chi connectivity index (χ0v) is 21.7. The Bertz CT molecular complexity index is 1960. The van der Waals surface area contributed by atoms with Gasteiger partial charge in [-0.2, -0.15) is 0 Å². The number of pyridine rings is 1. The highest BCUT2D eigenvalue weighted by Gasteiger charge is 2.10. The zero-order valence-electron chi connectivity index (χ0n) is 20.9. The topological polar surface area (TPSA) is 38.7 Å². The average Bonchev–Trinajstić information content (AvgIpc) is 3.00. The van der Waals surface area contributed by atoms with Gasteiger partial charge in [-0.05, 0) is 57.3 Å². The number of hydrogen-bond donors (Lipinski definition) is 0. The molecule has 184 valence electrons. The van der Waals surface area contributed by atoms with Gasteiger partial charge in [0.1, 0.15) is 0 Å². The summed E-state index contributed by atoms with van der Waals surface area (Å²) in [4.78, 5) is 13.6. The maximum absolute atomic E-state index is 6.39. The molecule has 0 atom stereocenters. The van der Waals surface area contributed by atoms with Gasteiger partial charge in [-0.3, -0.25) is 4.98 Å². The number of benzene rings is 5. The van der Waals surface area contributed by atoms with Crippen LogP contribution in [0, 0.1) is 0 Å². The monoisotopic (exact) mass is 519 g/mol. The zero-order chi connectivity index (χ0) is 26.2. The van der Waals surface area contributed by atoms with Crippen LogP contribution in [0.4, 0.5) is 0 Å². The summed E-state index contributed by atoms with van der Waals surface area (Å²) in [6, 6.07) is 43.9. The van der Waals surface area contributed by atoms with Crippen molar-refractivity contribution in [3.05, 3.63) is 139 Å². The van der Waals surface area contributed by atoms with Gasteiger partial charge in [0.25, 0.3) is 0 Å². The Morgan fingerprint density at radius 1 is 0.462 bits per heavy atom. The van der Waals surface area contributed by atoms with Crippen LogP contribution in [-0.2, 0) is 0 Å². The van der Waals surface area contributed by atoms with Crippen LogP contribution >= 0.6 is 11.6 Å². The predicted molar refractivity (Wildman–Crippen MR) is 162 cm³/mol. The lowest BCUT2D eigenvalue weighted by Crippen LogP contribution is -1.92. The van der Waals surface area contributed by atoms with E-state index in [2.05, 4.69) is 118 Å². The van der Waals surface area contributed by atoms with Crippen LogP contribution < -0.4 is 0 Å². The molecular weight excluding hydrogens is 498 g/mol. The SMILES string of the molecule is Clc1nc(-c2ccc(-c3cnc4ccccc4c3)cc2)cc(-c2ccc(-c3cccc4ccccc34)cc2)n1. The predicted octanol–water partition coefficient (Wildman–Crippen LogP) is 9.50. The molecule has 0 unspecified atom stereocenters. The molecule has 0 saturated carbocycles. The second-order valence-corrected chi connectivity index (χ2v) is 9.84. The average molecular weight is 520 g/mol. The third kappa shape index (κ3) is 4.54. The molecule has 7 aromatic rings. The first-order valence-corrected chi connectivity index (χ1v) is 13.2. The molecule has 39 heavy (non-hydrogen) atoms. The smallest absolute Gasteiger partial charge is 0.223 e. The molecule has 0 bridgehead atoms. The second kappa shape index (κ2) is 9.79. The molecule has 0 amide bonds. The van der Waals surface area contributed by atoms with Gasteiger partial charge in [0.2, 0.25) is 5.28 Å². The molecule has 0 radical (unpaired) electrons. The van der Waals surface area contributed by atoms with E-state index in [1.54, 1.807) is 0 Å². The molecule has 5 aromatic carbocycles. The maximum Gasteiger partial charge on any atom is 0.223 e. The molecule has 0 aliphatic carbocycles. The van der Waals surface area contributed by atoms with E-state index in [1.165, 1.54) is 16.3 Å². The van der Waals surface area contributed by atoms with Crippen LogP contribution in [0.15, 0.2) is 134 Å². The maximum atomic E-state index is 6.39. The van der Waals surface area contributed by atoms with Crippen molar-refractivity contribution < 1.29 is 0 Å². The van der Waals surface area contributed by atoms with Gasteiger partial charge in [-0.25, -0.2) is 9.97 Å². The normalized spacial score (nSPS) is 11.2. The molecule has 0 N–H and O–H groups in total. The minimum absolute atomic E-state index is 0.225. The molecule has 0 saturated heterocycles. The Labute approximate surface area is 231 Å². The fourth-order valence-corrected chi connectivity index (χ4v) is 5.26. The van der Waals surface area contributed by atoms with E-state index < -0.39 is 0 Å². The summed E-state index contributed by atoms with van der Waals surface area (Å²) in [5.74, 6) is 0. The van der Waals surface area contributed by atoms with Crippen molar-refractivity contribution >= 4 is 33.3 Å². The molecule has 0 aliphatic heterocycles. The van der Waals surface area contributed by atoms with Crippen LogP contribution in [0.2, 0.25) is 5.28 Å². The number of rotatable bonds is 4. The first-order valence-electron chi connectivity index (χ1n) is 12.8. The quantitative estimate of drug-likeness (QED) is 0.217. The Morgan fingerprint density at radius 3 is 1.79 bits per heavy atom. The summed E-state index contributed by atoms with van der Waals surface area (Å²) in [5.41, 5.74) is 9.08. The number of halogens is 1. The van der Waals surface area contributed by atoms with Crippen LogP contribution in [0.1, 0.15) is 0 Å². The Balaban J connectivity index is 1.19. The molecule has 2 heterocycles. The molecule has 0 spiro atoms. The summed E-state index contributed by atoms with van der Waals surface area (Å²) >= 11 is 6.39. The lowest BCUT2D eigenvalue weighted by Gasteiger charge is -2.10. The van der Waals surface area contributed by atoms with Crippen molar-refractivity contribution in [1.29, 1.82) is 0 Å².